The fourth-order valence-corrected chi connectivity index (χ4v) is 2.87. The van der Waals surface area contributed by atoms with Crippen molar-refractivity contribution in [2.75, 3.05) is 11.2 Å². The first-order chi connectivity index (χ1) is 12.0. The van der Waals surface area contributed by atoms with Crippen LogP contribution in [0.5, 0.6) is 0 Å². The van der Waals surface area contributed by atoms with Gasteiger partial charge in [-0.25, -0.2) is 15.8 Å². The molecule has 0 bridgehead atoms. The third kappa shape index (κ3) is 2.33. The third-order valence-corrected chi connectivity index (χ3v) is 4.01. The van der Waals surface area contributed by atoms with Crippen LogP contribution in [0.1, 0.15) is 11.8 Å². The molecule has 0 aliphatic carbocycles. The standard InChI is InChI=1S/C12H17N9O4/c13-8-4-5(9(14)19-15)11(20-16)21(10(4)18-2-17-8)12-7(24)6(23)3(1-22)25-12/h1-3,6-7,12,20,23-24H,15-16H2,(H2,14,19)(H2,13,17,18)/t3-,6-,7-,12-/m1/s1. The van der Waals surface area contributed by atoms with Gasteiger partial charge in [0.25, 0.3) is 0 Å². The maximum Gasteiger partial charge on any atom is 0.166 e. The molecule has 0 aromatic carbocycles. The second-order valence-electron chi connectivity index (χ2n) is 5.32. The van der Waals surface area contributed by atoms with Crippen LogP contribution < -0.4 is 28.6 Å². The Morgan fingerprint density at radius 1 is 1.40 bits per heavy atom. The summed E-state index contributed by atoms with van der Waals surface area (Å²) in [5.74, 6) is 10.9. The van der Waals surface area contributed by atoms with Crippen molar-refractivity contribution >= 4 is 34.8 Å². The minimum atomic E-state index is -1.45. The second-order valence-corrected chi connectivity index (χ2v) is 5.32. The van der Waals surface area contributed by atoms with Crippen molar-refractivity contribution in [3.63, 3.8) is 0 Å². The van der Waals surface area contributed by atoms with E-state index in [0.29, 0.717) is 6.29 Å². The molecule has 11 N–H and O–H groups in total. The number of aliphatic hydroxyl groups excluding tert-OH is 2. The molecule has 134 valence electrons. The van der Waals surface area contributed by atoms with E-state index in [1.807, 2.05) is 0 Å². The molecule has 0 unspecified atom stereocenters. The summed E-state index contributed by atoms with van der Waals surface area (Å²) in [6.45, 7) is 0. The monoisotopic (exact) mass is 351 g/mol. The van der Waals surface area contributed by atoms with Crippen LogP contribution in [0.15, 0.2) is 11.4 Å². The van der Waals surface area contributed by atoms with Gasteiger partial charge in [0.15, 0.2) is 18.3 Å². The molecule has 3 heterocycles. The predicted octanol–water partition coefficient (Wildman–Crippen LogP) is -3.30. The molecule has 4 atom stereocenters. The first-order valence-corrected chi connectivity index (χ1v) is 7.07. The minimum Gasteiger partial charge on any atom is -0.387 e. The third-order valence-electron chi connectivity index (χ3n) is 4.01. The van der Waals surface area contributed by atoms with Gasteiger partial charge in [-0.15, -0.1) is 0 Å². The van der Waals surface area contributed by atoms with Crippen LogP contribution in [0, 0.1) is 0 Å². The molecule has 0 radical (unpaired) electrons. The number of nitrogens with two attached hydrogens (primary N) is 4. The average Bonchev–Trinajstić information content (AvgIpc) is 3.10. The maximum atomic E-state index is 11.0. The number of aromatic nitrogens is 3. The number of rotatable bonds is 4. The first kappa shape index (κ1) is 16.8. The molecule has 3 rings (SSSR count). The van der Waals surface area contributed by atoms with Crippen LogP contribution in [-0.4, -0.2) is 55.2 Å². The van der Waals surface area contributed by atoms with Crippen LogP contribution in [-0.2, 0) is 9.53 Å². The van der Waals surface area contributed by atoms with E-state index in [1.54, 1.807) is 0 Å². The van der Waals surface area contributed by atoms with Crippen molar-refractivity contribution in [3.8, 4) is 0 Å². The Balaban J connectivity index is 2.33. The highest BCUT2D eigenvalue weighted by Gasteiger charge is 2.45. The Kier molecular flexibility index (Phi) is 4.13. The summed E-state index contributed by atoms with van der Waals surface area (Å²) in [6.07, 6.45) is -3.75. The van der Waals surface area contributed by atoms with Crippen molar-refractivity contribution in [1.82, 2.24) is 14.5 Å². The lowest BCUT2D eigenvalue weighted by atomic mass is 10.1. The Labute approximate surface area is 140 Å². The summed E-state index contributed by atoms with van der Waals surface area (Å²) in [4.78, 5) is 19.0. The summed E-state index contributed by atoms with van der Waals surface area (Å²) in [5.41, 5.74) is 14.5. The van der Waals surface area contributed by atoms with E-state index in [1.165, 1.54) is 10.9 Å². The Morgan fingerprint density at radius 3 is 2.68 bits per heavy atom. The summed E-state index contributed by atoms with van der Waals surface area (Å²) < 4.78 is 6.73. The number of amidine groups is 1. The number of carbonyl (C=O) groups excluding carboxylic acids is 1. The molecule has 2 aromatic heterocycles. The van der Waals surface area contributed by atoms with Gasteiger partial charge < -0.3 is 42.5 Å². The van der Waals surface area contributed by atoms with E-state index in [9.17, 15) is 15.0 Å². The maximum absolute atomic E-state index is 11.0. The Bertz CT molecular complexity index is 851. The number of aldehydes is 1. The molecule has 0 amide bonds. The van der Waals surface area contributed by atoms with Gasteiger partial charge in [0.05, 0.1) is 10.9 Å². The lowest BCUT2D eigenvalue weighted by Crippen LogP contribution is -2.32. The summed E-state index contributed by atoms with van der Waals surface area (Å²) in [6, 6.07) is 0. The normalized spacial score (nSPS) is 26.9. The number of nitrogens with zero attached hydrogens (tertiary/aromatic N) is 4. The van der Waals surface area contributed by atoms with E-state index in [-0.39, 0.29) is 34.1 Å². The molecule has 13 nitrogen and oxygen atoms in total. The summed E-state index contributed by atoms with van der Waals surface area (Å²) >= 11 is 0. The molecule has 1 fully saturated rings. The van der Waals surface area contributed by atoms with Gasteiger partial charge in [0, 0.05) is 0 Å². The highest BCUT2D eigenvalue weighted by molar-refractivity contribution is 6.15. The van der Waals surface area contributed by atoms with Gasteiger partial charge in [0.2, 0.25) is 0 Å². The zero-order valence-electron chi connectivity index (χ0n) is 12.8. The fourth-order valence-electron chi connectivity index (χ4n) is 2.87. The number of carbonyl (C=O) groups is 1. The van der Waals surface area contributed by atoms with Gasteiger partial charge in [-0.1, -0.05) is 0 Å². The van der Waals surface area contributed by atoms with E-state index in [2.05, 4.69) is 20.5 Å². The lowest BCUT2D eigenvalue weighted by molar-refractivity contribution is -0.122. The molecule has 25 heavy (non-hydrogen) atoms. The number of nitrogens with one attached hydrogen (secondary N) is 1. The average molecular weight is 351 g/mol. The van der Waals surface area contributed by atoms with E-state index < -0.39 is 24.5 Å². The quantitative estimate of drug-likeness (QED) is 0.0948. The number of ether oxygens (including phenoxy) is 1. The van der Waals surface area contributed by atoms with E-state index in [4.69, 9.17) is 27.9 Å². The molecule has 13 heteroatoms. The molecular weight excluding hydrogens is 334 g/mol. The first-order valence-electron chi connectivity index (χ1n) is 7.07. The summed E-state index contributed by atoms with van der Waals surface area (Å²) in [7, 11) is 0. The van der Waals surface area contributed by atoms with Crippen LogP contribution >= 0.6 is 0 Å². The van der Waals surface area contributed by atoms with Gasteiger partial charge >= 0.3 is 0 Å². The molecule has 2 aromatic rings. The number of hydrogen-bond donors (Lipinski definition) is 7. The van der Waals surface area contributed by atoms with E-state index >= 15 is 0 Å². The molecule has 1 aliphatic rings. The predicted molar refractivity (Wildman–Crippen MR) is 86.6 cm³/mol. The Hall–Kier alpha value is -3.00. The van der Waals surface area contributed by atoms with Gasteiger partial charge in [0.1, 0.15) is 41.9 Å². The Morgan fingerprint density at radius 2 is 2.12 bits per heavy atom. The van der Waals surface area contributed by atoms with Crippen LogP contribution in [0.4, 0.5) is 11.6 Å². The highest BCUT2D eigenvalue weighted by Crippen LogP contribution is 2.39. The number of hydrogen-bond acceptors (Lipinski definition) is 11. The largest absolute Gasteiger partial charge is 0.387 e. The van der Waals surface area contributed by atoms with Crippen LogP contribution in [0.2, 0.25) is 0 Å². The van der Waals surface area contributed by atoms with Crippen molar-refractivity contribution in [3.05, 3.63) is 11.9 Å². The number of hydrazine groups is 1. The number of hydrazone groups is 1. The molecule has 1 saturated heterocycles. The van der Waals surface area contributed by atoms with E-state index in [0.717, 1.165) is 0 Å². The smallest absolute Gasteiger partial charge is 0.166 e. The zero-order chi connectivity index (χ0) is 18.3. The van der Waals surface area contributed by atoms with Gasteiger partial charge in [-0.05, 0) is 0 Å². The number of anilines is 2. The number of fused-ring (bicyclic) bond motifs is 1. The fraction of sp³-hybridized carbons (Fsp3) is 0.333. The molecular formula is C12H17N9O4. The zero-order valence-corrected chi connectivity index (χ0v) is 12.8. The lowest BCUT2D eigenvalue weighted by Gasteiger charge is -2.20. The van der Waals surface area contributed by atoms with Gasteiger partial charge in [-0.2, -0.15) is 5.10 Å². The van der Waals surface area contributed by atoms with Crippen molar-refractivity contribution in [2.24, 2.45) is 22.5 Å². The molecule has 0 spiro atoms. The number of aliphatic hydroxyl groups is 2. The van der Waals surface area contributed by atoms with Crippen LogP contribution in [0.3, 0.4) is 0 Å². The molecule has 0 saturated carbocycles. The topological polar surface area (TPSA) is 226 Å². The second kappa shape index (κ2) is 6.14. The SMILES string of the molecule is NN=C(N)c1c(NN)n([C@@H]2O[C@H](C=O)[C@@H](O)[C@H]2O)c2ncnc(N)c12. The minimum absolute atomic E-state index is 0.0572. The van der Waals surface area contributed by atoms with Crippen molar-refractivity contribution in [1.29, 1.82) is 0 Å². The summed E-state index contributed by atoms with van der Waals surface area (Å²) in [5, 5.41) is 23.9. The van der Waals surface area contributed by atoms with Crippen molar-refractivity contribution in [2.45, 2.75) is 24.5 Å². The number of nitrogen functional groups attached to an aromatic ring is 2. The van der Waals surface area contributed by atoms with Gasteiger partial charge in [-0.3, -0.25) is 4.57 Å². The molecule has 1 aliphatic heterocycles. The highest BCUT2D eigenvalue weighted by atomic mass is 16.6. The van der Waals surface area contributed by atoms with Crippen molar-refractivity contribution < 1.29 is 19.7 Å². The van der Waals surface area contributed by atoms with Crippen LogP contribution in [0.25, 0.3) is 11.0 Å².